The first kappa shape index (κ1) is 21.4. The number of aromatic nitrogens is 2. The standard InChI is InChI=1S/C23H30N6O2/c1-28-19(7-8-21(30)26-14-17-5-4-10-24-13-17)15-27-23(31)22-20(28)9-12-29(22)16-18-6-2-3-11-25-18/h2-6,10-11,13,19-20,22H,7-9,12,14-16H2,1H3,(H,26,30)(H,27,31)/t19-,20-,22-/m0/s1. The highest BCUT2D eigenvalue weighted by molar-refractivity contribution is 5.83. The van der Waals surface area contributed by atoms with Crippen LogP contribution < -0.4 is 10.6 Å². The number of carbonyl (C=O) groups is 2. The summed E-state index contributed by atoms with van der Waals surface area (Å²) in [6, 6.07) is 9.78. The van der Waals surface area contributed by atoms with Gasteiger partial charge in [0.2, 0.25) is 11.8 Å². The minimum Gasteiger partial charge on any atom is -0.353 e. The molecular weight excluding hydrogens is 392 g/mol. The van der Waals surface area contributed by atoms with Crippen molar-refractivity contribution in [1.29, 1.82) is 0 Å². The van der Waals surface area contributed by atoms with Crippen molar-refractivity contribution >= 4 is 11.8 Å². The second-order valence-electron chi connectivity index (χ2n) is 8.33. The predicted octanol–water partition coefficient (Wildman–Crippen LogP) is 0.946. The third kappa shape index (κ3) is 5.26. The molecule has 2 aliphatic rings. The summed E-state index contributed by atoms with van der Waals surface area (Å²) in [6.45, 7) is 2.58. The number of hydrogen-bond acceptors (Lipinski definition) is 6. The van der Waals surface area contributed by atoms with E-state index in [0.29, 0.717) is 32.5 Å². The highest BCUT2D eigenvalue weighted by Crippen LogP contribution is 2.28. The maximum atomic E-state index is 12.9. The summed E-state index contributed by atoms with van der Waals surface area (Å²) in [6.07, 6.45) is 7.34. The number of amides is 2. The Morgan fingerprint density at radius 3 is 2.94 bits per heavy atom. The summed E-state index contributed by atoms with van der Waals surface area (Å²) < 4.78 is 0. The van der Waals surface area contributed by atoms with E-state index in [2.05, 4.69) is 37.4 Å². The molecule has 0 spiro atoms. The lowest BCUT2D eigenvalue weighted by molar-refractivity contribution is -0.126. The Kier molecular flexibility index (Phi) is 6.89. The van der Waals surface area contributed by atoms with Gasteiger partial charge in [-0.25, -0.2) is 0 Å². The van der Waals surface area contributed by atoms with Crippen LogP contribution in [0.25, 0.3) is 0 Å². The number of likely N-dealkylation sites (N-methyl/N-ethyl adjacent to an activating group) is 1. The number of pyridine rings is 2. The Balaban J connectivity index is 1.32. The van der Waals surface area contributed by atoms with Crippen LogP contribution in [-0.2, 0) is 22.7 Å². The minimum atomic E-state index is -0.184. The third-order valence-electron chi connectivity index (χ3n) is 6.36. The summed E-state index contributed by atoms with van der Waals surface area (Å²) in [7, 11) is 2.08. The van der Waals surface area contributed by atoms with Crippen molar-refractivity contribution in [3.63, 3.8) is 0 Å². The number of likely N-dealkylation sites (tertiary alicyclic amines) is 1. The lowest BCUT2D eigenvalue weighted by atomic mass is 10.0. The molecule has 0 aliphatic carbocycles. The highest BCUT2D eigenvalue weighted by Gasteiger charge is 2.44. The number of hydrogen-bond donors (Lipinski definition) is 2. The molecule has 0 unspecified atom stereocenters. The lowest BCUT2D eigenvalue weighted by Gasteiger charge is -2.33. The average molecular weight is 423 g/mol. The van der Waals surface area contributed by atoms with Crippen molar-refractivity contribution in [3.8, 4) is 0 Å². The van der Waals surface area contributed by atoms with Crippen molar-refractivity contribution < 1.29 is 9.59 Å². The van der Waals surface area contributed by atoms with Crippen molar-refractivity contribution in [2.45, 2.75) is 50.5 Å². The van der Waals surface area contributed by atoms with E-state index < -0.39 is 0 Å². The molecule has 0 aromatic carbocycles. The molecule has 2 saturated heterocycles. The van der Waals surface area contributed by atoms with Crippen LogP contribution in [0.2, 0.25) is 0 Å². The molecule has 2 aromatic rings. The van der Waals surface area contributed by atoms with Gasteiger partial charge in [-0.05, 0) is 43.7 Å². The minimum absolute atomic E-state index is 0.0209. The van der Waals surface area contributed by atoms with Crippen LogP contribution in [0.3, 0.4) is 0 Å². The first-order chi connectivity index (χ1) is 15.1. The van der Waals surface area contributed by atoms with Crippen molar-refractivity contribution in [3.05, 3.63) is 60.2 Å². The SMILES string of the molecule is CN1[C@@H](CCC(=O)NCc2cccnc2)CNC(=O)[C@@H]2[C@@H]1CCN2Cc1ccccn1. The van der Waals surface area contributed by atoms with Crippen LogP contribution >= 0.6 is 0 Å². The average Bonchev–Trinajstić information content (AvgIpc) is 3.17. The third-order valence-corrected chi connectivity index (χ3v) is 6.36. The van der Waals surface area contributed by atoms with Crippen molar-refractivity contribution in [2.75, 3.05) is 20.1 Å². The van der Waals surface area contributed by atoms with E-state index in [1.807, 2.05) is 30.3 Å². The predicted molar refractivity (Wildman–Crippen MR) is 117 cm³/mol. The van der Waals surface area contributed by atoms with E-state index in [1.165, 1.54) is 0 Å². The van der Waals surface area contributed by atoms with E-state index in [-0.39, 0.29) is 29.9 Å². The summed E-state index contributed by atoms with van der Waals surface area (Å²) in [5.41, 5.74) is 1.96. The van der Waals surface area contributed by atoms with Gasteiger partial charge in [-0.1, -0.05) is 12.1 Å². The second-order valence-corrected chi connectivity index (χ2v) is 8.33. The van der Waals surface area contributed by atoms with Gasteiger partial charge in [-0.3, -0.25) is 29.4 Å². The molecule has 2 aromatic heterocycles. The van der Waals surface area contributed by atoms with Gasteiger partial charge < -0.3 is 10.6 Å². The fraction of sp³-hybridized carbons (Fsp3) is 0.478. The van der Waals surface area contributed by atoms with Crippen LogP contribution in [0.1, 0.15) is 30.5 Å². The van der Waals surface area contributed by atoms with Crippen LogP contribution in [0.4, 0.5) is 0 Å². The van der Waals surface area contributed by atoms with Gasteiger partial charge in [0.1, 0.15) is 6.04 Å². The number of nitrogens with one attached hydrogen (secondary N) is 2. The van der Waals surface area contributed by atoms with E-state index in [1.54, 1.807) is 18.6 Å². The summed E-state index contributed by atoms with van der Waals surface area (Å²) in [4.78, 5) is 38.3. The van der Waals surface area contributed by atoms with E-state index in [0.717, 1.165) is 24.2 Å². The summed E-state index contributed by atoms with van der Waals surface area (Å²) in [5.74, 6) is 0.0985. The molecule has 0 saturated carbocycles. The van der Waals surface area contributed by atoms with Crippen LogP contribution in [0.5, 0.6) is 0 Å². The molecule has 8 heteroatoms. The molecule has 2 aliphatic heterocycles. The van der Waals surface area contributed by atoms with Crippen LogP contribution in [-0.4, -0.2) is 69.8 Å². The maximum Gasteiger partial charge on any atom is 0.239 e. The van der Waals surface area contributed by atoms with E-state index >= 15 is 0 Å². The molecule has 164 valence electrons. The zero-order chi connectivity index (χ0) is 21.6. The Labute approximate surface area is 183 Å². The molecule has 2 fully saturated rings. The smallest absolute Gasteiger partial charge is 0.239 e. The topological polar surface area (TPSA) is 90.5 Å². The summed E-state index contributed by atoms with van der Waals surface area (Å²) in [5, 5.41) is 6.07. The number of nitrogens with zero attached hydrogens (tertiary/aromatic N) is 4. The largest absolute Gasteiger partial charge is 0.353 e. The Morgan fingerprint density at radius 2 is 2.16 bits per heavy atom. The van der Waals surface area contributed by atoms with Gasteiger partial charge in [-0.15, -0.1) is 0 Å². The zero-order valence-corrected chi connectivity index (χ0v) is 17.9. The van der Waals surface area contributed by atoms with Gasteiger partial charge >= 0.3 is 0 Å². The molecule has 0 bridgehead atoms. The Hall–Kier alpha value is -2.84. The molecule has 31 heavy (non-hydrogen) atoms. The first-order valence-electron chi connectivity index (χ1n) is 10.9. The fourth-order valence-electron chi connectivity index (χ4n) is 4.62. The number of rotatable bonds is 7. The summed E-state index contributed by atoms with van der Waals surface area (Å²) >= 11 is 0. The highest BCUT2D eigenvalue weighted by atomic mass is 16.2. The van der Waals surface area contributed by atoms with Crippen LogP contribution in [0, 0.1) is 0 Å². The Bertz CT molecular complexity index is 878. The molecule has 3 atom stereocenters. The normalized spacial score (nSPS) is 24.3. The van der Waals surface area contributed by atoms with E-state index in [9.17, 15) is 9.59 Å². The maximum absolute atomic E-state index is 12.9. The van der Waals surface area contributed by atoms with Gasteiger partial charge in [0.05, 0.1) is 5.69 Å². The van der Waals surface area contributed by atoms with Gasteiger partial charge in [0.25, 0.3) is 0 Å². The first-order valence-corrected chi connectivity index (χ1v) is 10.9. The fourth-order valence-corrected chi connectivity index (χ4v) is 4.62. The van der Waals surface area contributed by atoms with Crippen molar-refractivity contribution in [2.24, 2.45) is 0 Å². The van der Waals surface area contributed by atoms with Gasteiger partial charge in [0.15, 0.2) is 0 Å². The molecule has 0 radical (unpaired) electrons. The molecular formula is C23H30N6O2. The molecule has 4 rings (SSSR count). The van der Waals surface area contributed by atoms with Gasteiger partial charge in [-0.2, -0.15) is 0 Å². The lowest BCUT2D eigenvalue weighted by Crippen LogP contribution is -2.49. The zero-order valence-electron chi connectivity index (χ0n) is 17.9. The van der Waals surface area contributed by atoms with E-state index in [4.69, 9.17) is 0 Å². The monoisotopic (exact) mass is 422 g/mol. The molecule has 8 nitrogen and oxygen atoms in total. The number of carbonyl (C=O) groups excluding carboxylic acids is 2. The molecule has 4 heterocycles. The van der Waals surface area contributed by atoms with Gasteiger partial charge in [0, 0.05) is 63.3 Å². The second kappa shape index (κ2) is 9.98. The molecule has 2 N–H and O–H groups in total. The molecule has 2 amide bonds. The quantitative estimate of drug-likeness (QED) is 0.690. The van der Waals surface area contributed by atoms with Crippen LogP contribution in [0.15, 0.2) is 48.9 Å². The Morgan fingerprint density at radius 1 is 1.26 bits per heavy atom. The van der Waals surface area contributed by atoms with Crippen molar-refractivity contribution in [1.82, 2.24) is 30.4 Å². The number of fused-ring (bicyclic) bond motifs is 1.